The lowest BCUT2D eigenvalue weighted by atomic mass is 10.0. The predicted molar refractivity (Wildman–Crippen MR) is 96.2 cm³/mol. The van der Waals surface area contributed by atoms with Crippen molar-refractivity contribution < 1.29 is 17.9 Å². The Hall–Kier alpha value is -1.77. The van der Waals surface area contributed by atoms with Gasteiger partial charge < -0.3 is 4.74 Å². The van der Waals surface area contributed by atoms with Crippen molar-refractivity contribution in [1.82, 2.24) is 9.71 Å². The van der Waals surface area contributed by atoms with E-state index in [0.717, 1.165) is 23.4 Å². The zero-order valence-corrected chi connectivity index (χ0v) is 15.5. The van der Waals surface area contributed by atoms with Crippen LogP contribution in [0.5, 0.6) is 0 Å². The Labute approximate surface area is 151 Å². The molecular weight excluding hydrogens is 360 g/mol. The van der Waals surface area contributed by atoms with Crippen LogP contribution in [-0.2, 0) is 14.8 Å². The molecule has 1 aromatic heterocycles. The number of ether oxygens (including phenoxy) is 1. The summed E-state index contributed by atoms with van der Waals surface area (Å²) in [6.07, 6.45) is 1.76. The third-order valence-electron chi connectivity index (χ3n) is 4.05. The van der Waals surface area contributed by atoms with Crippen LogP contribution in [0.2, 0.25) is 0 Å². The van der Waals surface area contributed by atoms with Gasteiger partial charge in [0.2, 0.25) is 10.0 Å². The van der Waals surface area contributed by atoms with Crippen molar-refractivity contribution in [3.63, 3.8) is 0 Å². The van der Waals surface area contributed by atoms with Crippen LogP contribution in [0.4, 0.5) is 0 Å². The van der Waals surface area contributed by atoms with Gasteiger partial charge in [0.25, 0.3) is 5.91 Å². The highest BCUT2D eigenvalue weighted by Gasteiger charge is 2.25. The van der Waals surface area contributed by atoms with Crippen LogP contribution in [0.3, 0.4) is 0 Å². The lowest BCUT2D eigenvalue weighted by Crippen LogP contribution is -2.34. The fraction of sp³-hybridized carbons (Fsp3) is 0.412. The number of carbonyl (C=O) groups excluding carboxylic acids is 1. The lowest BCUT2D eigenvalue weighted by Gasteiger charge is -2.12. The number of thiazole rings is 1. The molecule has 25 heavy (non-hydrogen) atoms. The summed E-state index contributed by atoms with van der Waals surface area (Å²) in [7, 11) is -3.75. The molecule has 0 bridgehead atoms. The van der Waals surface area contributed by atoms with Crippen LogP contribution < -0.4 is 4.72 Å². The van der Waals surface area contributed by atoms with E-state index in [-0.39, 0.29) is 23.5 Å². The van der Waals surface area contributed by atoms with Crippen molar-refractivity contribution in [2.24, 2.45) is 0 Å². The van der Waals surface area contributed by atoms with Gasteiger partial charge in [-0.3, -0.25) is 4.79 Å². The fourth-order valence-corrected chi connectivity index (χ4v) is 4.96. The molecule has 134 valence electrons. The van der Waals surface area contributed by atoms with E-state index in [1.165, 1.54) is 11.3 Å². The molecular formula is C17H20N2O4S2. The van der Waals surface area contributed by atoms with Crippen molar-refractivity contribution >= 4 is 27.3 Å². The van der Waals surface area contributed by atoms with Crippen LogP contribution in [0.1, 0.15) is 52.8 Å². The summed E-state index contributed by atoms with van der Waals surface area (Å²) in [5.74, 6) is -1.07. The fourth-order valence-electron chi connectivity index (χ4n) is 2.75. The average molecular weight is 380 g/mol. The highest BCUT2D eigenvalue weighted by atomic mass is 32.2. The van der Waals surface area contributed by atoms with E-state index in [4.69, 9.17) is 4.74 Å². The van der Waals surface area contributed by atoms with Crippen LogP contribution >= 0.6 is 11.3 Å². The van der Waals surface area contributed by atoms with Gasteiger partial charge in [-0.15, -0.1) is 11.3 Å². The number of nitrogens with one attached hydrogen (secondary N) is 1. The molecule has 1 saturated heterocycles. The average Bonchev–Trinajstić information content (AvgIpc) is 3.26. The third-order valence-corrected chi connectivity index (χ3v) is 6.42. The molecule has 6 nitrogen and oxygen atoms in total. The van der Waals surface area contributed by atoms with Gasteiger partial charge in [-0.2, -0.15) is 0 Å². The van der Waals surface area contributed by atoms with E-state index >= 15 is 0 Å². The number of sulfonamides is 1. The second kappa shape index (κ2) is 7.63. The molecule has 1 aromatic carbocycles. The Kier molecular flexibility index (Phi) is 5.51. The molecule has 2 heterocycles. The van der Waals surface area contributed by atoms with Crippen molar-refractivity contribution in [3.05, 3.63) is 52.0 Å². The first-order valence-electron chi connectivity index (χ1n) is 8.11. The summed E-state index contributed by atoms with van der Waals surface area (Å²) in [6, 6.07) is 9.34. The molecule has 1 fully saturated rings. The van der Waals surface area contributed by atoms with Gasteiger partial charge in [0.05, 0.1) is 5.75 Å². The molecule has 0 saturated carbocycles. The summed E-state index contributed by atoms with van der Waals surface area (Å²) < 4.78 is 32.2. The molecule has 1 amide bonds. The number of amides is 1. The van der Waals surface area contributed by atoms with Crippen molar-refractivity contribution in [3.8, 4) is 0 Å². The van der Waals surface area contributed by atoms with Crippen LogP contribution in [0.15, 0.2) is 35.7 Å². The molecule has 8 heteroatoms. The number of carbonyl (C=O) groups is 1. The van der Waals surface area contributed by atoms with E-state index in [1.54, 1.807) is 5.38 Å². The van der Waals surface area contributed by atoms with Gasteiger partial charge in [0, 0.05) is 12.0 Å². The van der Waals surface area contributed by atoms with Gasteiger partial charge >= 0.3 is 0 Å². The normalized spacial score (nSPS) is 18.8. The molecule has 3 rings (SSSR count). The van der Waals surface area contributed by atoms with E-state index < -0.39 is 15.9 Å². The van der Waals surface area contributed by atoms with Crippen LogP contribution in [-0.4, -0.2) is 31.7 Å². The second-order valence-electron chi connectivity index (χ2n) is 6.10. The van der Waals surface area contributed by atoms with Crippen LogP contribution in [0, 0.1) is 0 Å². The zero-order chi connectivity index (χ0) is 17.9. The van der Waals surface area contributed by atoms with Crippen molar-refractivity contribution in [2.75, 3.05) is 12.4 Å². The maximum atomic E-state index is 12.3. The first-order chi connectivity index (χ1) is 11.9. The molecule has 1 aliphatic rings. The van der Waals surface area contributed by atoms with E-state index in [2.05, 4.69) is 9.71 Å². The molecule has 0 unspecified atom stereocenters. The van der Waals surface area contributed by atoms with Gasteiger partial charge in [0.15, 0.2) is 0 Å². The van der Waals surface area contributed by atoms with Gasteiger partial charge in [-0.25, -0.2) is 18.1 Å². The largest absolute Gasteiger partial charge is 0.371 e. The van der Waals surface area contributed by atoms with E-state index in [1.807, 2.05) is 37.3 Å². The first-order valence-corrected chi connectivity index (χ1v) is 10.6. The quantitative estimate of drug-likeness (QED) is 0.833. The molecule has 1 aliphatic heterocycles. The van der Waals surface area contributed by atoms with Crippen molar-refractivity contribution in [2.45, 2.75) is 31.8 Å². The summed E-state index contributed by atoms with van der Waals surface area (Å²) in [5, 5.41) is 2.29. The van der Waals surface area contributed by atoms with Gasteiger partial charge in [-0.1, -0.05) is 37.3 Å². The minimum absolute atomic E-state index is 0.0822. The molecule has 0 radical (unpaired) electrons. The highest BCUT2D eigenvalue weighted by molar-refractivity contribution is 7.90. The topological polar surface area (TPSA) is 85.4 Å². The lowest BCUT2D eigenvalue weighted by molar-refractivity contribution is 0.0973. The van der Waals surface area contributed by atoms with Crippen molar-refractivity contribution in [1.29, 1.82) is 0 Å². The molecule has 1 N–H and O–H groups in total. The number of hydrogen-bond acceptors (Lipinski definition) is 6. The summed E-state index contributed by atoms with van der Waals surface area (Å²) in [4.78, 5) is 16.5. The molecule has 0 aliphatic carbocycles. The monoisotopic (exact) mass is 380 g/mol. The highest BCUT2D eigenvalue weighted by Crippen LogP contribution is 2.30. The standard InChI is InChI=1S/C17H20N2O4S2/c1-12(13-6-3-2-4-7-13)11-25(21,22)19-16(20)14-10-24-17(18-14)15-8-5-9-23-15/h2-4,6-7,10,12,15H,5,8-9,11H2,1H3,(H,19,20)/t12-,15+/m0/s1. The minimum Gasteiger partial charge on any atom is -0.371 e. The smallest absolute Gasteiger partial charge is 0.284 e. The number of rotatable bonds is 6. The van der Waals surface area contributed by atoms with Crippen LogP contribution in [0.25, 0.3) is 0 Å². The number of benzene rings is 1. The predicted octanol–water partition coefficient (Wildman–Crippen LogP) is 2.86. The van der Waals surface area contributed by atoms with E-state index in [0.29, 0.717) is 6.61 Å². The summed E-state index contributed by atoms with van der Waals surface area (Å²) >= 11 is 1.32. The Balaban J connectivity index is 1.63. The summed E-state index contributed by atoms with van der Waals surface area (Å²) in [5.41, 5.74) is 1.03. The van der Waals surface area contributed by atoms with Gasteiger partial charge in [0.1, 0.15) is 16.8 Å². The molecule has 2 atom stereocenters. The maximum Gasteiger partial charge on any atom is 0.284 e. The Bertz CT molecular complexity index is 827. The minimum atomic E-state index is -3.75. The molecule has 2 aromatic rings. The first kappa shape index (κ1) is 18.0. The number of nitrogens with zero attached hydrogens (tertiary/aromatic N) is 1. The zero-order valence-electron chi connectivity index (χ0n) is 13.8. The SMILES string of the molecule is C[C@@H](CS(=O)(=O)NC(=O)c1csc([C@H]2CCCO2)n1)c1ccccc1. The number of aromatic nitrogens is 1. The second-order valence-corrected chi connectivity index (χ2v) is 8.75. The number of hydrogen-bond donors (Lipinski definition) is 1. The Morgan fingerprint density at radius 1 is 1.40 bits per heavy atom. The van der Waals surface area contributed by atoms with E-state index in [9.17, 15) is 13.2 Å². The van der Waals surface area contributed by atoms with Gasteiger partial charge in [-0.05, 0) is 24.3 Å². The molecule has 0 spiro atoms. The maximum absolute atomic E-state index is 12.3. The summed E-state index contributed by atoms with van der Waals surface area (Å²) in [6.45, 7) is 2.51. The Morgan fingerprint density at radius 3 is 2.84 bits per heavy atom. The Morgan fingerprint density at radius 2 is 2.16 bits per heavy atom. The third kappa shape index (κ3) is 4.65.